The second-order valence-corrected chi connectivity index (χ2v) is 7.79. The van der Waals surface area contributed by atoms with E-state index in [0.29, 0.717) is 13.2 Å². The molecule has 0 bridgehead atoms. The van der Waals surface area contributed by atoms with Crippen LogP contribution in [0, 0.1) is 5.92 Å². The number of hydrogen-bond donors (Lipinski definition) is 1. The number of ether oxygens (including phenoxy) is 2. The molecule has 2 aliphatic heterocycles. The van der Waals surface area contributed by atoms with E-state index < -0.39 is 0 Å². The summed E-state index contributed by atoms with van der Waals surface area (Å²) in [6.07, 6.45) is 6.95. The quantitative estimate of drug-likeness (QED) is 0.892. The van der Waals surface area contributed by atoms with Gasteiger partial charge < -0.3 is 19.7 Å². The van der Waals surface area contributed by atoms with Gasteiger partial charge in [-0.3, -0.25) is 0 Å². The summed E-state index contributed by atoms with van der Waals surface area (Å²) in [5, 5.41) is 3.59. The van der Waals surface area contributed by atoms with Crippen LogP contribution in [0.25, 0.3) is 0 Å². The van der Waals surface area contributed by atoms with Crippen LogP contribution in [0.1, 0.15) is 46.0 Å². The van der Waals surface area contributed by atoms with Crippen molar-refractivity contribution in [3.63, 3.8) is 0 Å². The van der Waals surface area contributed by atoms with Crippen LogP contribution in [0.15, 0.2) is 12.1 Å². The maximum Gasteiger partial charge on any atom is 0.163 e. The highest BCUT2D eigenvalue weighted by molar-refractivity contribution is 5.78. The van der Waals surface area contributed by atoms with Crippen molar-refractivity contribution in [1.29, 1.82) is 0 Å². The molecule has 1 aromatic rings. The van der Waals surface area contributed by atoms with Gasteiger partial charge in [0.1, 0.15) is 13.2 Å². The first-order valence-electron chi connectivity index (χ1n) is 9.09. The van der Waals surface area contributed by atoms with E-state index in [4.69, 9.17) is 9.47 Å². The van der Waals surface area contributed by atoms with Gasteiger partial charge in [-0.15, -0.1) is 0 Å². The Hall–Kier alpha value is -1.58. The van der Waals surface area contributed by atoms with Crippen molar-refractivity contribution in [2.45, 2.75) is 51.5 Å². The highest BCUT2D eigenvalue weighted by Crippen LogP contribution is 2.45. The second kappa shape index (κ2) is 5.81. The number of anilines is 2. The highest BCUT2D eigenvalue weighted by atomic mass is 16.6. The number of rotatable bonds is 2. The molecule has 0 spiro atoms. The third-order valence-corrected chi connectivity index (χ3v) is 5.56. The molecule has 3 aliphatic rings. The molecule has 126 valence electrons. The largest absolute Gasteiger partial charge is 0.486 e. The summed E-state index contributed by atoms with van der Waals surface area (Å²) in [6, 6.07) is 4.30. The molecule has 0 unspecified atom stereocenters. The summed E-state index contributed by atoms with van der Waals surface area (Å²) in [5.41, 5.74) is 2.58. The Labute approximate surface area is 139 Å². The van der Waals surface area contributed by atoms with Crippen molar-refractivity contribution >= 4 is 11.4 Å². The van der Waals surface area contributed by atoms with Gasteiger partial charge in [-0.2, -0.15) is 0 Å². The van der Waals surface area contributed by atoms with Crippen molar-refractivity contribution in [1.82, 2.24) is 0 Å². The second-order valence-electron chi connectivity index (χ2n) is 7.79. The molecule has 2 heterocycles. The topological polar surface area (TPSA) is 33.7 Å². The number of benzene rings is 1. The summed E-state index contributed by atoms with van der Waals surface area (Å²) in [7, 11) is 0. The maximum absolute atomic E-state index is 5.82. The molecule has 1 N–H and O–H groups in total. The SMILES string of the molecule is CC1(C)CNc2cc3c(cc2N1CC1CCCCC1)OCCO3. The van der Waals surface area contributed by atoms with E-state index in [1.165, 1.54) is 43.5 Å². The summed E-state index contributed by atoms with van der Waals surface area (Å²) < 4.78 is 11.6. The van der Waals surface area contributed by atoms with E-state index in [0.717, 1.165) is 30.5 Å². The molecule has 0 saturated heterocycles. The Bertz CT molecular complexity index is 579. The van der Waals surface area contributed by atoms with Crippen LogP contribution < -0.4 is 19.7 Å². The van der Waals surface area contributed by atoms with Gasteiger partial charge in [0, 0.05) is 25.2 Å². The van der Waals surface area contributed by atoms with E-state index in [-0.39, 0.29) is 5.54 Å². The molecule has 0 atom stereocenters. The van der Waals surface area contributed by atoms with Crippen LogP contribution in [-0.4, -0.2) is 31.8 Å². The molecule has 4 nitrogen and oxygen atoms in total. The Morgan fingerprint density at radius 2 is 1.78 bits per heavy atom. The van der Waals surface area contributed by atoms with Crippen LogP contribution in [0.4, 0.5) is 11.4 Å². The fourth-order valence-corrected chi connectivity index (χ4v) is 4.15. The molecule has 0 aromatic heterocycles. The van der Waals surface area contributed by atoms with Crippen LogP contribution in [-0.2, 0) is 0 Å². The number of nitrogens with zero attached hydrogens (tertiary/aromatic N) is 1. The molecule has 0 amide bonds. The van der Waals surface area contributed by atoms with Crippen molar-refractivity contribution in [2.75, 3.05) is 36.5 Å². The van der Waals surface area contributed by atoms with Crippen molar-refractivity contribution in [3.05, 3.63) is 12.1 Å². The van der Waals surface area contributed by atoms with E-state index >= 15 is 0 Å². The molecule has 4 rings (SSSR count). The van der Waals surface area contributed by atoms with Crippen LogP contribution >= 0.6 is 0 Å². The van der Waals surface area contributed by atoms with Gasteiger partial charge in [0.2, 0.25) is 0 Å². The molecular weight excluding hydrogens is 288 g/mol. The predicted molar refractivity (Wildman–Crippen MR) is 93.9 cm³/mol. The van der Waals surface area contributed by atoms with Crippen LogP contribution in [0.2, 0.25) is 0 Å². The van der Waals surface area contributed by atoms with Gasteiger partial charge in [-0.1, -0.05) is 19.3 Å². The minimum absolute atomic E-state index is 0.119. The van der Waals surface area contributed by atoms with Crippen LogP contribution in [0.3, 0.4) is 0 Å². The first kappa shape index (κ1) is 15.0. The summed E-state index contributed by atoms with van der Waals surface area (Å²) >= 11 is 0. The normalized spacial score (nSPS) is 23.1. The van der Waals surface area contributed by atoms with Crippen molar-refractivity contribution in [3.8, 4) is 11.5 Å². The monoisotopic (exact) mass is 316 g/mol. The molecule has 1 aromatic carbocycles. The van der Waals surface area contributed by atoms with Crippen molar-refractivity contribution in [2.24, 2.45) is 5.92 Å². The zero-order chi connectivity index (χ0) is 15.9. The maximum atomic E-state index is 5.82. The van der Waals surface area contributed by atoms with Gasteiger partial charge in [0.15, 0.2) is 11.5 Å². The molecule has 4 heteroatoms. The number of nitrogens with one attached hydrogen (secondary N) is 1. The Balaban J connectivity index is 1.66. The molecule has 1 fully saturated rings. The van der Waals surface area contributed by atoms with Crippen LogP contribution in [0.5, 0.6) is 11.5 Å². The van der Waals surface area contributed by atoms with Gasteiger partial charge in [0.25, 0.3) is 0 Å². The van der Waals surface area contributed by atoms with E-state index in [2.05, 4.69) is 36.2 Å². The zero-order valence-electron chi connectivity index (χ0n) is 14.4. The third-order valence-electron chi connectivity index (χ3n) is 5.56. The fraction of sp³-hybridized carbons (Fsp3) is 0.684. The predicted octanol–water partition coefficient (Wildman–Crippen LogP) is 4.05. The highest BCUT2D eigenvalue weighted by Gasteiger charge is 2.35. The summed E-state index contributed by atoms with van der Waals surface area (Å²) in [6.45, 7) is 8.08. The lowest BCUT2D eigenvalue weighted by Gasteiger charge is -2.47. The van der Waals surface area contributed by atoms with E-state index in [9.17, 15) is 0 Å². The molecular formula is C19H28N2O2. The molecule has 1 aliphatic carbocycles. The summed E-state index contributed by atoms with van der Waals surface area (Å²) in [4.78, 5) is 2.60. The Kier molecular flexibility index (Phi) is 3.78. The molecule has 1 saturated carbocycles. The smallest absolute Gasteiger partial charge is 0.163 e. The third kappa shape index (κ3) is 2.84. The first-order valence-corrected chi connectivity index (χ1v) is 9.09. The molecule has 0 radical (unpaired) electrons. The first-order chi connectivity index (χ1) is 11.1. The standard InChI is InChI=1S/C19H28N2O2/c1-19(2)13-20-15-10-17-18(23-9-8-22-17)11-16(15)21(19)12-14-6-4-3-5-7-14/h10-11,14,20H,3-9,12-13H2,1-2H3. The Morgan fingerprint density at radius 1 is 1.09 bits per heavy atom. The van der Waals surface area contributed by atoms with E-state index in [1.807, 2.05) is 0 Å². The fourth-order valence-electron chi connectivity index (χ4n) is 4.15. The lowest BCUT2D eigenvalue weighted by atomic mass is 9.86. The summed E-state index contributed by atoms with van der Waals surface area (Å²) in [5.74, 6) is 2.59. The van der Waals surface area contributed by atoms with Gasteiger partial charge >= 0.3 is 0 Å². The minimum atomic E-state index is 0.119. The van der Waals surface area contributed by atoms with Gasteiger partial charge in [-0.25, -0.2) is 0 Å². The van der Waals surface area contributed by atoms with Crippen molar-refractivity contribution < 1.29 is 9.47 Å². The Morgan fingerprint density at radius 3 is 2.52 bits per heavy atom. The average Bonchev–Trinajstić information content (AvgIpc) is 2.57. The lowest BCUT2D eigenvalue weighted by molar-refractivity contribution is 0.171. The van der Waals surface area contributed by atoms with E-state index in [1.54, 1.807) is 0 Å². The van der Waals surface area contributed by atoms with Gasteiger partial charge in [0.05, 0.1) is 16.9 Å². The molecule has 23 heavy (non-hydrogen) atoms. The minimum Gasteiger partial charge on any atom is -0.486 e. The number of fused-ring (bicyclic) bond motifs is 2. The lowest BCUT2D eigenvalue weighted by Crippen LogP contribution is -2.54. The van der Waals surface area contributed by atoms with Gasteiger partial charge in [-0.05, 0) is 32.6 Å². The average molecular weight is 316 g/mol. The number of hydrogen-bond acceptors (Lipinski definition) is 4. The zero-order valence-corrected chi connectivity index (χ0v) is 14.4.